The molecule has 0 N–H and O–H groups in total. The van der Waals surface area contributed by atoms with Crippen molar-refractivity contribution in [1.29, 1.82) is 0 Å². The number of amides is 1. The van der Waals surface area contributed by atoms with Gasteiger partial charge in [-0.05, 0) is 25.7 Å². The molecule has 0 saturated heterocycles. The molecule has 0 spiro atoms. The van der Waals surface area contributed by atoms with Crippen LogP contribution in [0.1, 0.15) is 64.2 Å². The summed E-state index contributed by atoms with van der Waals surface area (Å²) in [7, 11) is 0. The van der Waals surface area contributed by atoms with Crippen LogP contribution < -0.4 is 5.56 Å². The molecule has 0 aromatic carbocycles. The van der Waals surface area contributed by atoms with E-state index in [0.717, 1.165) is 30.4 Å². The zero-order chi connectivity index (χ0) is 17.8. The fourth-order valence-corrected chi connectivity index (χ4v) is 4.46. The van der Waals surface area contributed by atoms with Gasteiger partial charge in [0.15, 0.2) is 0 Å². The molecule has 0 unspecified atom stereocenters. The van der Waals surface area contributed by atoms with Crippen LogP contribution in [0, 0.1) is 0 Å². The first-order valence-corrected chi connectivity index (χ1v) is 10.1. The topological polar surface area (TPSA) is 55.2 Å². The molecule has 1 amide bonds. The molecule has 2 aliphatic rings. The highest BCUT2D eigenvalue weighted by molar-refractivity contribution is 6.41. The molecule has 7 heteroatoms. The Balaban J connectivity index is 1.81. The number of hydrogen-bond donors (Lipinski definition) is 0. The molecule has 2 saturated carbocycles. The van der Waals surface area contributed by atoms with Gasteiger partial charge in [0.05, 0.1) is 11.2 Å². The summed E-state index contributed by atoms with van der Waals surface area (Å²) in [6.07, 6.45) is 12.8. The van der Waals surface area contributed by atoms with E-state index in [9.17, 15) is 9.59 Å². The summed E-state index contributed by atoms with van der Waals surface area (Å²) in [5, 5.41) is 4.03. The van der Waals surface area contributed by atoms with Crippen molar-refractivity contribution in [2.75, 3.05) is 0 Å². The summed E-state index contributed by atoms with van der Waals surface area (Å²) in [6, 6.07) is 0.589. The monoisotopic (exact) mass is 385 g/mol. The molecule has 1 aromatic rings. The average Bonchev–Trinajstić information content (AvgIpc) is 2.64. The quantitative estimate of drug-likeness (QED) is 0.785. The van der Waals surface area contributed by atoms with E-state index in [4.69, 9.17) is 23.2 Å². The van der Waals surface area contributed by atoms with E-state index in [-0.39, 0.29) is 22.5 Å². The van der Waals surface area contributed by atoms with Crippen molar-refractivity contribution in [1.82, 2.24) is 14.7 Å². The lowest BCUT2D eigenvalue weighted by atomic mass is 9.88. The Morgan fingerprint density at radius 3 is 2.08 bits per heavy atom. The minimum Gasteiger partial charge on any atom is -0.335 e. The lowest BCUT2D eigenvalue weighted by Gasteiger charge is -2.41. The average molecular weight is 386 g/mol. The van der Waals surface area contributed by atoms with Crippen LogP contribution in [0.3, 0.4) is 0 Å². The molecule has 1 heterocycles. The maximum atomic E-state index is 13.1. The van der Waals surface area contributed by atoms with Gasteiger partial charge in [-0.1, -0.05) is 61.7 Å². The van der Waals surface area contributed by atoms with Gasteiger partial charge < -0.3 is 4.90 Å². The van der Waals surface area contributed by atoms with Crippen molar-refractivity contribution in [2.45, 2.75) is 82.8 Å². The van der Waals surface area contributed by atoms with Gasteiger partial charge in [-0.25, -0.2) is 4.68 Å². The maximum absolute atomic E-state index is 13.1. The predicted molar refractivity (Wildman–Crippen MR) is 99.1 cm³/mol. The van der Waals surface area contributed by atoms with Crippen LogP contribution in [0.15, 0.2) is 11.0 Å². The van der Waals surface area contributed by atoms with Crippen LogP contribution >= 0.6 is 23.2 Å². The number of rotatable bonds is 4. The first-order valence-electron chi connectivity index (χ1n) is 9.30. The van der Waals surface area contributed by atoms with E-state index in [1.807, 2.05) is 0 Å². The Hall–Kier alpha value is -1.07. The fourth-order valence-electron chi connectivity index (χ4n) is 4.19. The van der Waals surface area contributed by atoms with Crippen LogP contribution in [-0.4, -0.2) is 32.7 Å². The van der Waals surface area contributed by atoms with E-state index < -0.39 is 5.56 Å². The van der Waals surface area contributed by atoms with Crippen LogP contribution in [0.25, 0.3) is 0 Å². The highest BCUT2D eigenvalue weighted by Gasteiger charge is 2.32. The van der Waals surface area contributed by atoms with Crippen molar-refractivity contribution in [2.24, 2.45) is 0 Å². The van der Waals surface area contributed by atoms with E-state index in [2.05, 4.69) is 10.00 Å². The van der Waals surface area contributed by atoms with E-state index >= 15 is 0 Å². The number of aromatic nitrogens is 2. The Labute approximate surface area is 158 Å². The van der Waals surface area contributed by atoms with Gasteiger partial charge in [-0.2, -0.15) is 5.10 Å². The maximum Gasteiger partial charge on any atom is 0.287 e. The summed E-state index contributed by atoms with van der Waals surface area (Å²) in [4.78, 5) is 27.4. The van der Waals surface area contributed by atoms with E-state index in [1.165, 1.54) is 44.7 Å². The third-order valence-electron chi connectivity index (χ3n) is 5.45. The molecule has 138 valence electrons. The van der Waals surface area contributed by atoms with Gasteiger partial charge in [0.1, 0.15) is 11.6 Å². The molecule has 0 aliphatic heterocycles. The molecule has 0 atom stereocenters. The molecule has 3 rings (SSSR count). The lowest BCUT2D eigenvalue weighted by Crippen LogP contribution is -2.50. The van der Waals surface area contributed by atoms with Crippen molar-refractivity contribution in [3.63, 3.8) is 0 Å². The van der Waals surface area contributed by atoms with Crippen molar-refractivity contribution >= 4 is 29.1 Å². The molecule has 1 aromatic heterocycles. The first kappa shape index (κ1) is 18.7. The van der Waals surface area contributed by atoms with Crippen LogP contribution in [-0.2, 0) is 11.3 Å². The van der Waals surface area contributed by atoms with Gasteiger partial charge in [-0.15, -0.1) is 0 Å². The van der Waals surface area contributed by atoms with Gasteiger partial charge in [0.25, 0.3) is 5.56 Å². The Morgan fingerprint density at radius 1 is 1.04 bits per heavy atom. The number of nitrogens with zero attached hydrogens (tertiary/aromatic N) is 3. The Bertz CT molecular complexity index is 647. The number of hydrogen-bond acceptors (Lipinski definition) is 3. The summed E-state index contributed by atoms with van der Waals surface area (Å²) in [5.74, 6) is -0.0215. The van der Waals surface area contributed by atoms with E-state index in [1.54, 1.807) is 0 Å². The molecule has 5 nitrogen and oxygen atoms in total. The van der Waals surface area contributed by atoms with Crippen molar-refractivity contribution < 1.29 is 4.79 Å². The molecular formula is C18H25Cl2N3O2. The van der Waals surface area contributed by atoms with Crippen LogP contribution in [0.4, 0.5) is 0 Å². The number of halogens is 2. The highest BCUT2D eigenvalue weighted by Crippen LogP contribution is 2.30. The standard InChI is InChI=1S/C18H25Cl2N3O2/c19-15-11-21-22(18(25)17(15)20)12-16(24)23(13-7-3-1-4-8-13)14-9-5-2-6-10-14/h11,13-14H,1-10,12H2. The van der Waals surface area contributed by atoms with Gasteiger partial charge in [0, 0.05) is 12.1 Å². The van der Waals surface area contributed by atoms with Gasteiger partial charge in [0.2, 0.25) is 5.91 Å². The molecule has 25 heavy (non-hydrogen) atoms. The summed E-state index contributed by atoms with van der Waals surface area (Å²) < 4.78 is 1.13. The Kier molecular flexibility index (Phi) is 6.39. The third-order valence-corrected chi connectivity index (χ3v) is 6.20. The largest absolute Gasteiger partial charge is 0.335 e. The second kappa shape index (κ2) is 8.54. The third kappa shape index (κ3) is 4.37. The van der Waals surface area contributed by atoms with Crippen LogP contribution in [0.2, 0.25) is 10.0 Å². The molecule has 0 radical (unpaired) electrons. The second-order valence-corrected chi connectivity index (χ2v) is 7.94. The lowest BCUT2D eigenvalue weighted by molar-refractivity contribution is -0.139. The van der Waals surface area contributed by atoms with Crippen molar-refractivity contribution in [3.05, 3.63) is 26.6 Å². The highest BCUT2D eigenvalue weighted by atomic mass is 35.5. The molecule has 2 aliphatic carbocycles. The second-order valence-electron chi connectivity index (χ2n) is 7.15. The first-order chi connectivity index (χ1) is 12.1. The van der Waals surface area contributed by atoms with E-state index in [0.29, 0.717) is 12.1 Å². The minimum atomic E-state index is -0.505. The molecule has 2 fully saturated rings. The summed E-state index contributed by atoms with van der Waals surface area (Å²) in [5.41, 5.74) is -0.505. The molecule has 0 bridgehead atoms. The zero-order valence-corrected chi connectivity index (χ0v) is 15.9. The fraction of sp³-hybridized carbons (Fsp3) is 0.722. The van der Waals surface area contributed by atoms with Gasteiger partial charge in [-0.3, -0.25) is 9.59 Å². The number of carbonyl (C=O) groups excluding carboxylic acids is 1. The minimum absolute atomic E-state index is 0.0215. The summed E-state index contributed by atoms with van der Waals surface area (Å²) in [6.45, 7) is -0.0667. The van der Waals surface area contributed by atoms with Gasteiger partial charge >= 0.3 is 0 Å². The Morgan fingerprint density at radius 2 is 1.56 bits per heavy atom. The van der Waals surface area contributed by atoms with Crippen LogP contribution in [0.5, 0.6) is 0 Å². The normalized spacial score (nSPS) is 19.8. The predicted octanol–water partition coefficient (Wildman–Crippen LogP) is 4.04. The summed E-state index contributed by atoms with van der Waals surface area (Å²) >= 11 is 11.7. The van der Waals surface area contributed by atoms with Crippen molar-refractivity contribution in [3.8, 4) is 0 Å². The number of carbonyl (C=O) groups is 1. The SMILES string of the molecule is O=C(Cn1ncc(Cl)c(Cl)c1=O)N(C1CCCCC1)C1CCCCC1. The molecular weight excluding hydrogens is 361 g/mol. The zero-order valence-electron chi connectivity index (χ0n) is 14.4. The smallest absolute Gasteiger partial charge is 0.287 e.